The van der Waals surface area contributed by atoms with Gasteiger partial charge in [-0.1, -0.05) is 51.9 Å². The minimum atomic E-state index is -0.281. The van der Waals surface area contributed by atoms with E-state index in [4.69, 9.17) is 16.3 Å². The van der Waals surface area contributed by atoms with E-state index >= 15 is 0 Å². The molecule has 0 bridgehead atoms. The number of nitrogens with two attached hydrogens (primary N) is 2. The van der Waals surface area contributed by atoms with Crippen molar-refractivity contribution in [1.82, 2.24) is 4.90 Å². The van der Waals surface area contributed by atoms with Gasteiger partial charge in [-0.3, -0.25) is 9.79 Å². The molecule has 3 unspecified atom stereocenters. The first-order valence-corrected chi connectivity index (χ1v) is 11.0. The summed E-state index contributed by atoms with van der Waals surface area (Å²) in [6.45, 7) is 3.74. The molecular formula is C22H44N4O2. The summed E-state index contributed by atoms with van der Waals surface area (Å²) in [4.78, 5) is 26.4. The van der Waals surface area contributed by atoms with Crippen molar-refractivity contribution in [3.63, 3.8) is 0 Å². The summed E-state index contributed by atoms with van der Waals surface area (Å²) >= 11 is 0. The summed E-state index contributed by atoms with van der Waals surface area (Å²) in [5, 5.41) is 0. The molecule has 2 fully saturated rings. The Hall–Kier alpha value is -1.43. The lowest BCUT2D eigenvalue weighted by molar-refractivity contribution is -0.130. The van der Waals surface area contributed by atoms with Gasteiger partial charge in [0.15, 0.2) is 0 Å². The number of carbonyl (C=O) groups excluding carboxylic acids is 2. The second-order valence-electron chi connectivity index (χ2n) is 8.40. The number of likely N-dealkylation sites (N-methyl/N-ethyl adjacent to an activating group) is 1. The van der Waals surface area contributed by atoms with Crippen LogP contribution in [0, 0.1) is 11.8 Å². The molecule has 1 amide bonds. The lowest BCUT2D eigenvalue weighted by Gasteiger charge is -2.23. The Kier molecular flexibility index (Phi) is 15.7. The van der Waals surface area contributed by atoms with Crippen LogP contribution in [0.4, 0.5) is 0 Å². The molecule has 0 radical (unpaired) electrons. The van der Waals surface area contributed by atoms with Crippen LogP contribution >= 0.6 is 0 Å². The van der Waals surface area contributed by atoms with Crippen LogP contribution in [-0.2, 0) is 9.59 Å². The zero-order chi connectivity index (χ0) is 21.4. The molecule has 0 aromatic carbocycles. The summed E-state index contributed by atoms with van der Waals surface area (Å²) in [6, 6.07) is 0.232. The Morgan fingerprint density at radius 2 is 1.75 bits per heavy atom. The number of aldehydes is 1. The summed E-state index contributed by atoms with van der Waals surface area (Å²) in [5.41, 5.74) is 11.0. The second-order valence-corrected chi connectivity index (χ2v) is 8.40. The van der Waals surface area contributed by atoms with Crippen LogP contribution in [0.3, 0.4) is 0 Å². The van der Waals surface area contributed by atoms with Crippen molar-refractivity contribution in [2.45, 2.75) is 96.6 Å². The molecule has 0 heterocycles. The van der Waals surface area contributed by atoms with Gasteiger partial charge < -0.3 is 21.2 Å². The van der Waals surface area contributed by atoms with E-state index in [2.05, 4.69) is 11.9 Å². The van der Waals surface area contributed by atoms with E-state index < -0.39 is 0 Å². The van der Waals surface area contributed by atoms with Crippen LogP contribution in [0.25, 0.3) is 0 Å². The summed E-state index contributed by atoms with van der Waals surface area (Å²) in [5.74, 6) is 1.73. The Labute approximate surface area is 172 Å². The van der Waals surface area contributed by atoms with E-state index in [-0.39, 0.29) is 11.9 Å². The van der Waals surface area contributed by atoms with Crippen molar-refractivity contribution in [3.05, 3.63) is 0 Å². The van der Waals surface area contributed by atoms with E-state index in [0.29, 0.717) is 6.04 Å². The van der Waals surface area contributed by atoms with Gasteiger partial charge in [0.2, 0.25) is 5.91 Å². The zero-order valence-electron chi connectivity index (χ0n) is 18.6. The van der Waals surface area contributed by atoms with Gasteiger partial charge in [-0.05, 0) is 44.4 Å². The van der Waals surface area contributed by atoms with Gasteiger partial charge in [-0.2, -0.15) is 0 Å². The van der Waals surface area contributed by atoms with E-state index in [0.717, 1.165) is 31.0 Å². The fourth-order valence-electron chi connectivity index (χ4n) is 4.01. The van der Waals surface area contributed by atoms with Crippen LogP contribution in [0.1, 0.15) is 84.5 Å². The number of rotatable bonds is 5. The number of hydrogen-bond donors (Lipinski definition) is 2. The quantitative estimate of drug-likeness (QED) is 0.421. The smallest absolute Gasteiger partial charge is 0.246 e. The third kappa shape index (κ3) is 12.9. The maximum Gasteiger partial charge on any atom is 0.246 e. The second kappa shape index (κ2) is 16.5. The van der Waals surface area contributed by atoms with Crippen LogP contribution in [0.15, 0.2) is 4.99 Å². The highest BCUT2D eigenvalue weighted by molar-refractivity contribution is 5.82. The molecule has 4 N–H and O–H groups in total. The first kappa shape index (κ1) is 26.6. The first-order valence-electron chi connectivity index (χ1n) is 11.0. The summed E-state index contributed by atoms with van der Waals surface area (Å²) in [6.07, 6.45) is 15.9. The van der Waals surface area contributed by atoms with Crippen LogP contribution in [0.5, 0.6) is 0 Å². The molecule has 164 valence electrons. The molecule has 0 aromatic heterocycles. The average Bonchev–Trinajstić information content (AvgIpc) is 2.66. The van der Waals surface area contributed by atoms with Crippen LogP contribution in [-0.4, -0.2) is 49.6 Å². The number of hydrogen-bond acceptors (Lipinski definition) is 4. The van der Waals surface area contributed by atoms with Crippen LogP contribution < -0.4 is 11.5 Å². The van der Waals surface area contributed by atoms with Gasteiger partial charge >= 0.3 is 0 Å². The van der Waals surface area contributed by atoms with Crippen molar-refractivity contribution < 1.29 is 9.59 Å². The molecule has 0 saturated heterocycles. The Morgan fingerprint density at radius 3 is 2.18 bits per heavy atom. The zero-order valence-corrected chi connectivity index (χ0v) is 18.6. The highest BCUT2D eigenvalue weighted by Gasteiger charge is 2.21. The average molecular weight is 397 g/mol. The van der Waals surface area contributed by atoms with Crippen molar-refractivity contribution in [2.75, 3.05) is 14.1 Å². The molecule has 6 nitrogen and oxygen atoms in total. The Bertz CT molecular complexity index is 426. The first-order chi connectivity index (χ1) is 13.3. The standard InChI is InChI=1S/C13H25N3O.C7H15N.C2H4O/c1-16(2)13(17)12(15-10-14)9-8-11-6-4-3-5-7-11;1-6-3-2-4-7(8)5-6;1-2-3/h10-12H,3-9H2,1-2H3,(H2,14,15);6-7H,2-5,8H2,1H3;2H,1H3. The lowest BCUT2D eigenvalue weighted by atomic mass is 9.85. The molecule has 3 atom stereocenters. The number of carbonyl (C=O) groups is 2. The monoisotopic (exact) mass is 396 g/mol. The van der Waals surface area contributed by atoms with Crippen LogP contribution in [0.2, 0.25) is 0 Å². The number of amides is 1. The fraction of sp³-hybridized carbons (Fsp3) is 0.864. The van der Waals surface area contributed by atoms with E-state index in [1.807, 2.05) is 0 Å². The Balaban J connectivity index is 0.000000547. The molecule has 0 aliphatic heterocycles. The minimum Gasteiger partial charge on any atom is -0.390 e. The topological polar surface area (TPSA) is 102 Å². The molecule has 2 saturated carbocycles. The van der Waals surface area contributed by atoms with Crippen molar-refractivity contribution >= 4 is 18.5 Å². The third-order valence-corrected chi connectivity index (χ3v) is 5.54. The van der Waals surface area contributed by atoms with Gasteiger partial charge in [0, 0.05) is 20.1 Å². The van der Waals surface area contributed by atoms with Crippen molar-refractivity contribution in [2.24, 2.45) is 28.3 Å². The highest BCUT2D eigenvalue weighted by Crippen LogP contribution is 2.28. The number of aliphatic imine (C=N–C) groups is 1. The van der Waals surface area contributed by atoms with Gasteiger partial charge in [-0.25, -0.2) is 0 Å². The molecule has 6 heteroatoms. The minimum absolute atomic E-state index is 0.0579. The van der Waals surface area contributed by atoms with Gasteiger partial charge in [0.25, 0.3) is 0 Å². The lowest BCUT2D eigenvalue weighted by Crippen LogP contribution is -2.33. The van der Waals surface area contributed by atoms with E-state index in [1.165, 1.54) is 71.0 Å². The SMILES string of the molecule is CC1CCCC(N)C1.CC=O.CN(C)C(=O)C(CCC1CCCCC1)N=CN. The molecule has 2 rings (SSSR count). The maximum atomic E-state index is 11.9. The maximum absolute atomic E-state index is 11.9. The van der Waals surface area contributed by atoms with Gasteiger partial charge in [0.1, 0.15) is 12.3 Å². The van der Waals surface area contributed by atoms with Crippen molar-refractivity contribution in [1.29, 1.82) is 0 Å². The molecule has 0 spiro atoms. The molecule has 0 aromatic rings. The predicted octanol–water partition coefficient (Wildman–Crippen LogP) is 3.52. The Morgan fingerprint density at radius 1 is 1.14 bits per heavy atom. The number of nitrogens with zero attached hydrogens (tertiary/aromatic N) is 2. The van der Waals surface area contributed by atoms with E-state index in [9.17, 15) is 4.79 Å². The molecule has 28 heavy (non-hydrogen) atoms. The molecular weight excluding hydrogens is 352 g/mol. The largest absolute Gasteiger partial charge is 0.390 e. The van der Waals surface area contributed by atoms with E-state index in [1.54, 1.807) is 19.0 Å². The summed E-state index contributed by atoms with van der Waals surface area (Å²) in [7, 11) is 3.53. The van der Waals surface area contributed by atoms with Gasteiger partial charge in [0.05, 0.1) is 6.34 Å². The summed E-state index contributed by atoms with van der Waals surface area (Å²) < 4.78 is 0. The normalized spacial score (nSPS) is 23.6. The third-order valence-electron chi connectivity index (χ3n) is 5.54. The molecule has 2 aliphatic carbocycles. The fourth-order valence-corrected chi connectivity index (χ4v) is 4.01. The van der Waals surface area contributed by atoms with Gasteiger partial charge in [-0.15, -0.1) is 0 Å². The predicted molar refractivity (Wildman–Crippen MR) is 118 cm³/mol. The van der Waals surface area contributed by atoms with Crippen molar-refractivity contribution in [3.8, 4) is 0 Å². The highest BCUT2D eigenvalue weighted by atomic mass is 16.2. The molecule has 2 aliphatic rings.